The summed E-state index contributed by atoms with van der Waals surface area (Å²) in [6.07, 6.45) is 5.26. The normalized spacial score (nSPS) is 15.9. The predicted molar refractivity (Wildman–Crippen MR) is 113 cm³/mol. The van der Waals surface area contributed by atoms with E-state index in [1.807, 2.05) is 36.4 Å². The lowest BCUT2D eigenvalue weighted by molar-refractivity contribution is 0.0938. The summed E-state index contributed by atoms with van der Waals surface area (Å²) in [5.74, 6) is -0.499. The molecule has 29 heavy (non-hydrogen) atoms. The first kappa shape index (κ1) is 19.4. The number of nitrogens with zero attached hydrogens (tertiary/aromatic N) is 1. The first-order valence-electron chi connectivity index (χ1n) is 10.1. The van der Waals surface area contributed by atoms with Crippen molar-refractivity contribution in [3.05, 3.63) is 81.9 Å². The van der Waals surface area contributed by atoms with Crippen molar-refractivity contribution in [2.75, 3.05) is 6.54 Å². The SMILES string of the molecule is Cn1c(=O)cc(C(=O)NCC2(c3ccc(F)cc3)CCCCC2)c2ccccc21. The maximum atomic E-state index is 13.4. The minimum Gasteiger partial charge on any atom is -0.351 e. The van der Waals surface area contributed by atoms with E-state index in [-0.39, 0.29) is 22.7 Å². The van der Waals surface area contributed by atoms with Gasteiger partial charge in [0.15, 0.2) is 0 Å². The first-order valence-corrected chi connectivity index (χ1v) is 10.1. The Hall–Kier alpha value is -2.95. The van der Waals surface area contributed by atoms with Gasteiger partial charge in [0.1, 0.15) is 5.82 Å². The Labute approximate surface area is 169 Å². The Balaban J connectivity index is 1.64. The number of carbonyl (C=O) groups excluding carboxylic acids is 1. The van der Waals surface area contributed by atoms with Crippen LogP contribution in [-0.4, -0.2) is 17.0 Å². The van der Waals surface area contributed by atoms with Crippen molar-refractivity contribution in [3.8, 4) is 0 Å². The van der Waals surface area contributed by atoms with E-state index in [2.05, 4.69) is 5.32 Å². The number of para-hydroxylation sites is 1. The van der Waals surface area contributed by atoms with Crippen LogP contribution in [0.5, 0.6) is 0 Å². The van der Waals surface area contributed by atoms with Gasteiger partial charge in [-0.1, -0.05) is 49.6 Å². The molecule has 1 N–H and O–H groups in total. The third-order valence-electron chi connectivity index (χ3n) is 6.25. The van der Waals surface area contributed by atoms with E-state index < -0.39 is 0 Å². The van der Waals surface area contributed by atoms with Gasteiger partial charge in [0.2, 0.25) is 0 Å². The second-order valence-electron chi connectivity index (χ2n) is 8.00. The topological polar surface area (TPSA) is 51.1 Å². The van der Waals surface area contributed by atoms with Gasteiger partial charge >= 0.3 is 0 Å². The van der Waals surface area contributed by atoms with E-state index in [4.69, 9.17) is 0 Å². The molecule has 4 nitrogen and oxygen atoms in total. The summed E-state index contributed by atoms with van der Waals surface area (Å²) in [6, 6.07) is 15.5. The molecule has 3 aromatic rings. The number of amides is 1. The summed E-state index contributed by atoms with van der Waals surface area (Å²) in [6.45, 7) is 0.473. The van der Waals surface area contributed by atoms with E-state index in [9.17, 15) is 14.0 Å². The molecule has 1 aromatic heterocycles. The number of halogens is 1. The van der Waals surface area contributed by atoms with Gasteiger partial charge in [-0.15, -0.1) is 0 Å². The smallest absolute Gasteiger partial charge is 0.252 e. The van der Waals surface area contributed by atoms with Gasteiger partial charge in [-0.2, -0.15) is 0 Å². The van der Waals surface area contributed by atoms with Crippen molar-refractivity contribution >= 4 is 16.8 Å². The molecule has 1 aliphatic rings. The summed E-state index contributed by atoms with van der Waals surface area (Å²) in [5, 5.41) is 3.84. The van der Waals surface area contributed by atoms with Crippen LogP contribution in [0.4, 0.5) is 4.39 Å². The molecule has 0 aliphatic heterocycles. The van der Waals surface area contributed by atoms with Crippen LogP contribution in [0.3, 0.4) is 0 Å². The summed E-state index contributed by atoms with van der Waals surface area (Å²) < 4.78 is 15.0. The van der Waals surface area contributed by atoms with Crippen LogP contribution in [0.1, 0.15) is 48.0 Å². The Morgan fingerprint density at radius 1 is 1.07 bits per heavy atom. The van der Waals surface area contributed by atoms with Crippen LogP contribution in [0.25, 0.3) is 10.9 Å². The Morgan fingerprint density at radius 2 is 1.76 bits per heavy atom. The highest BCUT2D eigenvalue weighted by Gasteiger charge is 2.34. The highest BCUT2D eigenvalue weighted by Crippen LogP contribution is 2.39. The molecule has 1 fully saturated rings. The fourth-order valence-corrected chi connectivity index (χ4v) is 4.54. The average Bonchev–Trinajstić information content (AvgIpc) is 2.76. The van der Waals surface area contributed by atoms with Crippen molar-refractivity contribution in [3.63, 3.8) is 0 Å². The highest BCUT2D eigenvalue weighted by atomic mass is 19.1. The van der Waals surface area contributed by atoms with Crippen molar-refractivity contribution in [2.45, 2.75) is 37.5 Å². The lowest BCUT2D eigenvalue weighted by Gasteiger charge is -2.38. The molecule has 1 amide bonds. The van der Waals surface area contributed by atoms with Gasteiger partial charge in [-0.05, 0) is 36.6 Å². The molecule has 0 unspecified atom stereocenters. The monoisotopic (exact) mass is 392 g/mol. The van der Waals surface area contributed by atoms with Gasteiger partial charge in [-0.3, -0.25) is 9.59 Å². The molecule has 1 aliphatic carbocycles. The zero-order chi connectivity index (χ0) is 20.4. The van der Waals surface area contributed by atoms with Crippen molar-refractivity contribution in [1.29, 1.82) is 0 Å². The minimum atomic E-state index is -0.254. The second-order valence-corrected chi connectivity index (χ2v) is 8.00. The Bertz CT molecular complexity index is 1100. The molecule has 1 saturated carbocycles. The van der Waals surface area contributed by atoms with E-state index in [0.29, 0.717) is 12.1 Å². The molecular formula is C24H25FN2O2. The number of aryl methyl sites for hydroxylation is 1. The van der Waals surface area contributed by atoms with Gasteiger partial charge in [0.05, 0.1) is 11.1 Å². The third kappa shape index (κ3) is 3.69. The van der Waals surface area contributed by atoms with E-state index >= 15 is 0 Å². The molecule has 0 saturated heterocycles. The molecule has 0 atom stereocenters. The van der Waals surface area contributed by atoms with Gasteiger partial charge < -0.3 is 9.88 Å². The minimum absolute atomic E-state index is 0.197. The van der Waals surface area contributed by atoms with Gasteiger partial charge in [0, 0.05) is 30.5 Å². The maximum absolute atomic E-state index is 13.4. The molecule has 0 bridgehead atoms. The fraction of sp³-hybridized carbons (Fsp3) is 0.333. The van der Waals surface area contributed by atoms with Crippen molar-refractivity contribution in [1.82, 2.24) is 9.88 Å². The quantitative estimate of drug-likeness (QED) is 0.719. The van der Waals surface area contributed by atoms with E-state index in [1.54, 1.807) is 11.6 Å². The third-order valence-corrected chi connectivity index (χ3v) is 6.25. The number of benzene rings is 2. The number of rotatable bonds is 4. The van der Waals surface area contributed by atoms with E-state index in [1.165, 1.54) is 24.6 Å². The predicted octanol–water partition coefficient (Wildman–Crippen LogP) is 4.31. The number of hydrogen-bond acceptors (Lipinski definition) is 2. The number of nitrogens with one attached hydrogen (secondary N) is 1. The second kappa shape index (κ2) is 7.82. The average molecular weight is 392 g/mol. The molecule has 1 heterocycles. The first-order chi connectivity index (χ1) is 14.0. The number of aromatic nitrogens is 1. The molecule has 2 aromatic carbocycles. The summed E-state index contributed by atoms with van der Waals surface area (Å²) in [7, 11) is 1.71. The zero-order valence-corrected chi connectivity index (χ0v) is 16.6. The van der Waals surface area contributed by atoms with Gasteiger partial charge in [0.25, 0.3) is 11.5 Å². The van der Waals surface area contributed by atoms with Crippen LogP contribution < -0.4 is 10.9 Å². The molecule has 4 rings (SSSR count). The van der Waals surface area contributed by atoms with Crippen molar-refractivity contribution in [2.24, 2.45) is 7.05 Å². The molecular weight excluding hydrogens is 367 g/mol. The molecule has 0 spiro atoms. The fourth-order valence-electron chi connectivity index (χ4n) is 4.54. The van der Waals surface area contributed by atoms with Crippen LogP contribution in [0.15, 0.2) is 59.4 Å². The van der Waals surface area contributed by atoms with Crippen molar-refractivity contribution < 1.29 is 9.18 Å². The number of fused-ring (bicyclic) bond motifs is 1. The number of pyridine rings is 1. The summed E-state index contributed by atoms with van der Waals surface area (Å²) in [5.41, 5.74) is 1.79. The lowest BCUT2D eigenvalue weighted by Crippen LogP contribution is -2.42. The Morgan fingerprint density at radius 3 is 2.48 bits per heavy atom. The molecule has 5 heteroatoms. The largest absolute Gasteiger partial charge is 0.351 e. The standard InChI is InChI=1S/C24H25FN2O2/c1-27-21-8-4-3-7-19(21)20(15-22(27)28)23(29)26-16-24(13-5-2-6-14-24)17-9-11-18(25)12-10-17/h3-4,7-12,15H,2,5-6,13-14,16H2,1H3,(H,26,29). The van der Waals surface area contributed by atoms with Gasteiger partial charge in [-0.25, -0.2) is 4.39 Å². The Kier molecular flexibility index (Phi) is 5.22. The summed E-state index contributed by atoms with van der Waals surface area (Å²) in [4.78, 5) is 25.4. The van der Waals surface area contributed by atoms with E-state index in [0.717, 1.165) is 42.1 Å². The molecule has 150 valence electrons. The zero-order valence-electron chi connectivity index (χ0n) is 16.6. The number of carbonyl (C=O) groups is 1. The molecule has 0 radical (unpaired) electrons. The van der Waals surface area contributed by atoms with Crippen LogP contribution in [-0.2, 0) is 12.5 Å². The van der Waals surface area contributed by atoms with Crippen LogP contribution in [0, 0.1) is 5.82 Å². The van der Waals surface area contributed by atoms with Crippen LogP contribution >= 0.6 is 0 Å². The van der Waals surface area contributed by atoms with Crippen LogP contribution in [0.2, 0.25) is 0 Å². The summed E-state index contributed by atoms with van der Waals surface area (Å²) >= 11 is 0. The maximum Gasteiger partial charge on any atom is 0.252 e. The lowest BCUT2D eigenvalue weighted by atomic mass is 9.69. The number of hydrogen-bond donors (Lipinski definition) is 1. The highest BCUT2D eigenvalue weighted by molar-refractivity contribution is 6.06.